The Labute approximate surface area is 201 Å². The van der Waals surface area contributed by atoms with Gasteiger partial charge < -0.3 is 23.7 Å². The molecule has 0 N–H and O–H groups in total. The van der Waals surface area contributed by atoms with Gasteiger partial charge in [0.15, 0.2) is 11.5 Å². The van der Waals surface area contributed by atoms with E-state index in [0.717, 1.165) is 7.11 Å². The Morgan fingerprint density at radius 1 is 0.882 bits per heavy atom. The van der Waals surface area contributed by atoms with Crippen molar-refractivity contribution >= 4 is 41.4 Å². The van der Waals surface area contributed by atoms with Crippen molar-refractivity contribution in [2.75, 3.05) is 7.11 Å². The molecule has 2 rings (SSSR count). The van der Waals surface area contributed by atoms with Crippen molar-refractivity contribution in [1.29, 1.82) is 0 Å². The highest BCUT2D eigenvalue weighted by molar-refractivity contribution is 6.30. The minimum atomic E-state index is -2.22. The van der Waals surface area contributed by atoms with Crippen molar-refractivity contribution < 1.29 is 42.9 Å². The highest BCUT2D eigenvalue weighted by atomic mass is 35.5. The van der Waals surface area contributed by atoms with Gasteiger partial charge in [0, 0.05) is 32.9 Å². The lowest BCUT2D eigenvalue weighted by Gasteiger charge is -2.37. The molecular weight excluding hydrogens is 468 g/mol. The summed E-state index contributed by atoms with van der Waals surface area (Å²) < 4.78 is 26.4. The van der Waals surface area contributed by atoms with Gasteiger partial charge in [-0.1, -0.05) is 31.3 Å². The summed E-state index contributed by atoms with van der Waals surface area (Å²) in [6.45, 7) is 14.8. The second-order valence-corrected chi connectivity index (χ2v) is 7.87. The molecule has 0 heterocycles. The number of carbonyl (C=O) groups excluding carboxylic acids is 4. The van der Waals surface area contributed by atoms with Crippen molar-refractivity contribution in [2.24, 2.45) is 0 Å². The third-order valence-electron chi connectivity index (χ3n) is 4.41. The second kappa shape index (κ2) is 10.4. The number of fused-ring (bicyclic) bond motifs is 1. The predicted octanol–water partition coefficient (Wildman–Crippen LogP) is 4.71. The van der Waals surface area contributed by atoms with Crippen molar-refractivity contribution in [3.63, 3.8) is 0 Å². The minimum Gasteiger partial charge on any atom is -0.438 e. The number of hydrogen-bond donors (Lipinski definition) is 0. The molecule has 1 aromatic carbocycles. The van der Waals surface area contributed by atoms with E-state index in [-0.39, 0.29) is 44.4 Å². The Balaban J connectivity index is 2.85. The molecule has 0 bridgehead atoms. The number of hydrogen-bond acceptors (Lipinski definition) is 9. The molecule has 0 spiro atoms. The van der Waals surface area contributed by atoms with Crippen LogP contribution in [0.15, 0.2) is 60.4 Å². The summed E-state index contributed by atoms with van der Waals surface area (Å²) in [4.78, 5) is 49.5. The molecule has 0 radical (unpaired) electrons. The Morgan fingerprint density at radius 2 is 1.44 bits per heavy atom. The predicted molar refractivity (Wildman–Crippen MR) is 121 cm³/mol. The van der Waals surface area contributed by atoms with Crippen molar-refractivity contribution in [1.82, 2.24) is 0 Å². The first kappa shape index (κ1) is 26.4. The Bertz CT molecular complexity index is 1150. The summed E-state index contributed by atoms with van der Waals surface area (Å²) in [5.41, 5.74) is 0.191. The van der Waals surface area contributed by atoms with E-state index in [0.29, 0.717) is 0 Å². The summed E-state index contributed by atoms with van der Waals surface area (Å²) in [5.74, 6) is -5.30. The molecule has 0 fully saturated rings. The molecular formula is C24H23ClO9. The van der Waals surface area contributed by atoms with Crippen LogP contribution in [0.3, 0.4) is 0 Å². The summed E-state index contributed by atoms with van der Waals surface area (Å²) in [5, 5.41) is 0.177. The van der Waals surface area contributed by atoms with E-state index in [1.807, 2.05) is 0 Å². The third-order valence-corrected chi connectivity index (χ3v) is 4.65. The van der Waals surface area contributed by atoms with E-state index in [4.69, 9.17) is 30.5 Å². The van der Waals surface area contributed by atoms with E-state index in [2.05, 4.69) is 24.5 Å². The monoisotopic (exact) mass is 490 g/mol. The summed E-state index contributed by atoms with van der Waals surface area (Å²) in [7, 11) is 1.05. The zero-order valence-corrected chi connectivity index (χ0v) is 19.9. The molecule has 1 aliphatic carbocycles. The molecule has 0 saturated carbocycles. The average Bonchev–Trinajstić information content (AvgIpc) is 2.75. The third kappa shape index (κ3) is 5.74. The Kier molecular flexibility index (Phi) is 8.07. The van der Waals surface area contributed by atoms with Crippen LogP contribution in [0.5, 0.6) is 0 Å². The van der Waals surface area contributed by atoms with Crippen LogP contribution in [0.25, 0.3) is 5.76 Å². The Morgan fingerprint density at radius 3 is 1.97 bits per heavy atom. The molecule has 1 unspecified atom stereocenters. The average molecular weight is 491 g/mol. The van der Waals surface area contributed by atoms with Gasteiger partial charge in [-0.3, -0.25) is 0 Å². The first-order valence-electron chi connectivity index (χ1n) is 9.76. The van der Waals surface area contributed by atoms with Gasteiger partial charge in [-0.05, 0) is 39.0 Å². The lowest BCUT2D eigenvalue weighted by Crippen LogP contribution is -2.42. The smallest absolute Gasteiger partial charge is 0.438 e. The zero-order chi connectivity index (χ0) is 25.8. The highest BCUT2D eigenvalue weighted by Gasteiger charge is 2.50. The number of halogens is 1. The molecule has 10 heteroatoms. The van der Waals surface area contributed by atoms with E-state index in [1.165, 1.54) is 39.0 Å². The topological polar surface area (TPSA) is 114 Å². The second-order valence-electron chi connectivity index (χ2n) is 7.44. The quantitative estimate of drug-likeness (QED) is 0.232. The zero-order valence-electron chi connectivity index (χ0n) is 19.1. The molecule has 1 aliphatic rings. The summed E-state index contributed by atoms with van der Waals surface area (Å²) >= 11 is 6.17. The molecule has 1 atom stereocenters. The van der Waals surface area contributed by atoms with Gasteiger partial charge >= 0.3 is 24.1 Å². The van der Waals surface area contributed by atoms with Crippen LogP contribution < -0.4 is 0 Å². The van der Waals surface area contributed by atoms with Crippen LogP contribution >= 0.6 is 11.6 Å². The summed E-state index contributed by atoms with van der Waals surface area (Å²) in [6, 6.07) is 4.20. The van der Waals surface area contributed by atoms with Crippen molar-refractivity contribution in [3.8, 4) is 0 Å². The first-order valence-corrected chi connectivity index (χ1v) is 10.1. The number of carbonyl (C=O) groups is 4. The van der Waals surface area contributed by atoms with Crippen LogP contribution in [0.4, 0.5) is 4.79 Å². The van der Waals surface area contributed by atoms with Crippen molar-refractivity contribution in [2.45, 2.75) is 33.0 Å². The van der Waals surface area contributed by atoms with E-state index < -0.39 is 36.3 Å². The van der Waals surface area contributed by atoms with Gasteiger partial charge in [-0.2, -0.15) is 0 Å². The lowest BCUT2D eigenvalue weighted by molar-refractivity contribution is -0.220. The molecule has 1 aromatic rings. The van der Waals surface area contributed by atoms with E-state index >= 15 is 0 Å². The van der Waals surface area contributed by atoms with Gasteiger partial charge in [0.05, 0.1) is 13.5 Å². The maximum absolute atomic E-state index is 12.5. The number of methoxy groups -OCH3 is 1. The molecule has 0 aliphatic heterocycles. The molecule has 180 valence electrons. The number of esters is 3. The van der Waals surface area contributed by atoms with Gasteiger partial charge in [0.25, 0.3) is 5.79 Å². The van der Waals surface area contributed by atoms with Crippen LogP contribution in [0.1, 0.15) is 38.3 Å². The fourth-order valence-corrected chi connectivity index (χ4v) is 2.93. The van der Waals surface area contributed by atoms with Crippen LogP contribution in [-0.2, 0) is 43.9 Å². The van der Waals surface area contributed by atoms with Gasteiger partial charge in [0.1, 0.15) is 0 Å². The standard InChI is InChI=1S/C24H23ClO9/c1-12(2)20(26)31-18-11-24(34-23(29)30-7,33-22(28)14(5)6)17-10-15(25)8-9-16(17)19(18)32-21(27)13(3)4/h8-10H,1,3,5,11H2,2,4,6-7H3. The molecule has 34 heavy (non-hydrogen) atoms. The highest BCUT2D eigenvalue weighted by Crippen LogP contribution is 2.47. The van der Waals surface area contributed by atoms with Gasteiger partial charge in [0.2, 0.25) is 0 Å². The number of benzene rings is 1. The first-order chi connectivity index (χ1) is 15.8. The maximum Gasteiger partial charge on any atom is 0.511 e. The van der Waals surface area contributed by atoms with E-state index in [1.54, 1.807) is 0 Å². The van der Waals surface area contributed by atoms with Crippen LogP contribution in [-0.4, -0.2) is 31.2 Å². The molecule has 0 saturated heterocycles. The summed E-state index contributed by atoms with van der Waals surface area (Å²) in [6.07, 6.45) is -1.79. The normalized spacial score (nSPS) is 16.5. The molecule has 0 amide bonds. The minimum absolute atomic E-state index is 0.0135. The molecule has 0 aromatic heterocycles. The Hall–Kier alpha value is -3.85. The number of rotatable bonds is 7. The largest absolute Gasteiger partial charge is 0.511 e. The van der Waals surface area contributed by atoms with Gasteiger partial charge in [-0.25, -0.2) is 19.2 Å². The van der Waals surface area contributed by atoms with Crippen molar-refractivity contribution in [3.05, 3.63) is 76.6 Å². The molecule has 9 nitrogen and oxygen atoms in total. The fourth-order valence-electron chi connectivity index (χ4n) is 2.76. The van der Waals surface area contributed by atoms with E-state index in [9.17, 15) is 19.2 Å². The van der Waals surface area contributed by atoms with Crippen LogP contribution in [0, 0.1) is 0 Å². The number of ether oxygens (including phenoxy) is 5. The maximum atomic E-state index is 12.5. The lowest BCUT2D eigenvalue weighted by atomic mass is 9.88. The van der Waals surface area contributed by atoms with Gasteiger partial charge in [-0.15, -0.1) is 0 Å². The fraction of sp³-hybridized carbons (Fsp3) is 0.250. The SMILES string of the molecule is C=C(C)C(=O)OC1=C(OC(=O)C(=C)C)c2ccc(Cl)cc2C(OC(=O)OC)(OC(=O)C(=C)C)C1. The van der Waals surface area contributed by atoms with Crippen LogP contribution in [0.2, 0.25) is 5.02 Å².